The molecule has 17 heavy (non-hydrogen) atoms. The molecule has 0 saturated heterocycles. The van der Waals surface area contributed by atoms with Crippen LogP contribution in [0.25, 0.3) is 0 Å². The van der Waals surface area contributed by atoms with E-state index in [1.54, 1.807) is 27.7 Å². The van der Waals surface area contributed by atoms with Crippen molar-refractivity contribution in [1.82, 2.24) is 0 Å². The van der Waals surface area contributed by atoms with E-state index in [0.29, 0.717) is 6.61 Å². The number of ether oxygens (including phenoxy) is 2. The van der Waals surface area contributed by atoms with Gasteiger partial charge in [-0.05, 0) is 27.7 Å². The average molecular weight is 268 g/mol. The van der Waals surface area contributed by atoms with Crippen LogP contribution < -0.4 is 0 Å². The Balaban J connectivity index is 4.26. The van der Waals surface area contributed by atoms with Gasteiger partial charge in [0, 0.05) is 6.61 Å². The molecule has 0 aromatic carbocycles. The van der Waals surface area contributed by atoms with Gasteiger partial charge in [0.05, 0.1) is 13.2 Å². The first-order chi connectivity index (χ1) is 7.97. The van der Waals surface area contributed by atoms with Gasteiger partial charge in [-0.25, -0.2) is 0 Å². The van der Waals surface area contributed by atoms with E-state index in [4.69, 9.17) is 18.5 Å². The molecule has 0 aliphatic rings. The van der Waals surface area contributed by atoms with Crippen LogP contribution in [0.3, 0.4) is 0 Å². The van der Waals surface area contributed by atoms with Crippen molar-refractivity contribution >= 4 is 13.6 Å². The van der Waals surface area contributed by atoms with Crippen molar-refractivity contribution in [3.63, 3.8) is 0 Å². The third-order valence-corrected chi connectivity index (χ3v) is 3.62. The minimum atomic E-state index is -3.38. The summed E-state index contributed by atoms with van der Waals surface area (Å²) in [7, 11) is -3.38. The number of esters is 1. The molecule has 0 aromatic rings. The molecule has 0 aromatic heterocycles. The minimum Gasteiger partial charge on any atom is -0.436 e. The second-order valence-electron chi connectivity index (χ2n) is 3.12. The highest BCUT2D eigenvalue weighted by atomic mass is 31.2. The first kappa shape index (κ1) is 16.6. The molecule has 0 saturated carbocycles. The summed E-state index contributed by atoms with van der Waals surface area (Å²) in [5, 5.41) is 0. The molecule has 0 spiro atoms. The number of hydrogen-bond donors (Lipinski definition) is 0. The topological polar surface area (TPSA) is 71.1 Å². The van der Waals surface area contributed by atoms with Crippen LogP contribution in [-0.4, -0.2) is 38.2 Å². The highest BCUT2D eigenvalue weighted by Crippen LogP contribution is 2.47. The molecule has 0 aliphatic carbocycles. The van der Waals surface area contributed by atoms with E-state index in [9.17, 15) is 9.36 Å². The summed E-state index contributed by atoms with van der Waals surface area (Å²) in [5.74, 6) is -0.656. The van der Waals surface area contributed by atoms with Gasteiger partial charge in [-0.2, -0.15) is 0 Å². The fraction of sp³-hybridized carbons (Fsp3) is 0.900. The lowest BCUT2D eigenvalue weighted by molar-refractivity contribution is -0.170. The van der Waals surface area contributed by atoms with E-state index in [0.717, 1.165) is 0 Å². The lowest BCUT2D eigenvalue weighted by Gasteiger charge is -2.18. The van der Waals surface area contributed by atoms with Gasteiger partial charge in [0.2, 0.25) is 0 Å². The Morgan fingerprint density at radius 3 is 2.06 bits per heavy atom. The van der Waals surface area contributed by atoms with E-state index in [2.05, 4.69) is 0 Å². The molecular formula is C10H21O6P. The molecule has 0 bridgehead atoms. The maximum absolute atomic E-state index is 12.0. The molecule has 1 atom stereocenters. The summed E-state index contributed by atoms with van der Waals surface area (Å²) in [6.07, 6.45) is -1.06. The summed E-state index contributed by atoms with van der Waals surface area (Å²) in [5.41, 5.74) is 0. The minimum absolute atomic E-state index is 0.214. The van der Waals surface area contributed by atoms with Gasteiger partial charge in [-0.15, -0.1) is 0 Å². The number of carbonyl (C=O) groups excluding carboxylic acids is 1. The van der Waals surface area contributed by atoms with E-state index >= 15 is 0 Å². The zero-order valence-corrected chi connectivity index (χ0v) is 11.7. The van der Waals surface area contributed by atoms with Gasteiger partial charge in [-0.1, -0.05) is 0 Å². The van der Waals surface area contributed by atoms with Gasteiger partial charge in [0.1, 0.15) is 6.16 Å². The van der Waals surface area contributed by atoms with Gasteiger partial charge < -0.3 is 18.5 Å². The predicted octanol–water partition coefficient (Wildman–Crippen LogP) is 2.18. The fourth-order valence-electron chi connectivity index (χ4n) is 1.17. The summed E-state index contributed by atoms with van der Waals surface area (Å²) in [4.78, 5) is 11.5. The molecular weight excluding hydrogens is 247 g/mol. The molecule has 6 nitrogen and oxygen atoms in total. The molecule has 0 radical (unpaired) electrons. The molecule has 7 heteroatoms. The number of rotatable bonds is 9. The lowest BCUT2D eigenvalue weighted by atomic mass is 10.7. The van der Waals surface area contributed by atoms with Crippen LogP contribution in [-0.2, 0) is 27.9 Å². The maximum Gasteiger partial charge on any atom is 0.341 e. The standard InChI is InChI=1S/C10H21O6P/c1-5-13-9(4)16-10(11)8-17(12,14-6-2)15-7-3/h9H,5-8H2,1-4H3. The molecule has 1 unspecified atom stereocenters. The van der Waals surface area contributed by atoms with Crippen molar-refractivity contribution in [2.45, 2.75) is 34.0 Å². The van der Waals surface area contributed by atoms with Gasteiger partial charge in [0.15, 0.2) is 6.29 Å². The van der Waals surface area contributed by atoms with Crippen molar-refractivity contribution < 1.29 is 27.9 Å². The molecule has 102 valence electrons. The molecule has 0 heterocycles. The summed E-state index contributed by atoms with van der Waals surface area (Å²) in [6, 6.07) is 0. The summed E-state index contributed by atoms with van der Waals surface area (Å²) < 4.78 is 31.8. The molecule has 0 amide bonds. The summed E-state index contributed by atoms with van der Waals surface area (Å²) >= 11 is 0. The summed E-state index contributed by atoms with van der Waals surface area (Å²) in [6.45, 7) is 7.60. The highest BCUT2D eigenvalue weighted by Gasteiger charge is 2.29. The van der Waals surface area contributed by atoms with Gasteiger partial charge >= 0.3 is 13.6 Å². The second-order valence-corrected chi connectivity index (χ2v) is 5.17. The van der Waals surface area contributed by atoms with Crippen molar-refractivity contribution in [3.05, 3.63) is 0 Å². The molecule has 0 N–H and O–H groups in total. The van der Waals surface area contributed by atoms with Crippen LogP contribution in [0.15, 0.2) is 0 Å². The Morgan fingerprint density at radius 1 is 1.12 bits per heavy atom. The average Bonchev–Trinajstić information content (AvgIpc) is 2.17. The van der Waals surface area contributed by atoms with E-state index < -0.39 is 26.0 Å². The van der Waals surface area contributed by atoms with Crippen molar-refractivity contribution in [1.29, 1.82) is 0 Å². The monoisotopic (exact) mass is 268 g/mol. The maximum atomic E-state index is 12.0. The quantitative estimate of drug-likeness (QED) is 0.362. The second kappa shape index (κ2) is 8.64. The lowest BCUT2D eigenvalue weighted by Crippen LogP contribution is -2.21. The van der Waals surface area contributed by atoms with Crippen molar-refractivity contribution in [2.24, 2.45) is 0 Å². The normalized spacial score (nSPS) is 13.4. The van der Waals surface area contributed by atoms with E-state index in [1.807, 2.05) is 0 Å². The molecule has 0 rings (SSSR count). The molecule has 0 aliphatic heterocycles. The third-order valence-electron chi connectivity index (χ3n) is 1.67. The highest BCUT2D eigenvalue weighted by molar-refractivity contribution is 7.54. The van der Waals surface area contributed by atoms with Crippen LogP contribution in [0, 0.1) is 0 Å². The molecule has 0 fully saturated rings. The first-order valence-electron chi connectivity index (χ1n) is 5.66. The Bertz CT molecular complexity index is 258. The van der Waals surface area contributed by atoms with Gasteiger partial charge in [0.25, 0.3) is 0 Å². The first-order valence-corrected chi connectivity index (χ1v) is 7.39. The van der Waals surface area contributed by atoms with Crippen molar-refractivity contribution in [2.75, 3.05) is 26.0 Å². The zero-order valence-electron chi connectivity index (χ0n) is 10.8. The number of hydrogen-bond acceptors (Lipinski definition) is 6. The van der Waals surface area contributed by atoms with Crippen LogP contribution in [0.4, 0.5) is 0 Å². The Morgan fingerprint density at radius 2 is 1.65 bits per heavy atom. The Labute approximate surface area is 102 Å². The number of carbonyl (C=O) groups is 1. The Hall–Kier alpha value is -0.420. The third kappa shape index (κ3) is 7.49. The van der Waals surface area contributed by atoms with Gasteiger partial charge in [-0.3, -0.25) is 9.36 Å². The van der Waals surface area contributed by atoms with E-state index in [-0.39, 0.29) is 13.2 Å². The van der Waals surface area contributed by atoms with Crippen LogP contribution in [0.5, 0.6) is 0 Å². The predicted molar refractivity (Wildman–Crippen MR) is 62.9 cm³/mol. The van der Waals surface area contributed by atoms with Crippen LogP contribution in [0.2, 0.25) is 0 Å². The fourth-order valence-corrected chi connectivity index (χ4v) is 2.61. The van der Waals surface area contributed by atoms with Crippen LogP contribution in [0.1, 0.15) is 27.7 Å². The largest absolute Gasteiger partial charge is 0.436 e. The zero-order chi connectivity index (χ0) is 13.3. The van der Waals surface area contributed by atoms with E-state index in [1.165, 1.54) is 0 Å². The van der Waals surface area contributed by atoms with Crippen molar-refractivity contribution in [3.8, 4) is 0 Å². The Kier molecular flexibility index (Phi) is 8.43. The smallest absolute Gasteiger partial charge is 0.341 e. The van der Waals surface area contributed by atoms with Crippen LogP contribution >= 0.6 is 7.60 Å². The SMILES string of the molecule is CCOC(C)OC(=O)CP(=O)(OCC)OCC.